The number of amides is 1. The molecule has 3 heterocycles. The van der Waals surface area contributed by atoms with Gasteiger partial charge in [0.2, 0.25) is 5.88 Å². The van der Waals surface area contributed by atoms with Crippen LogP contribution in [0.3, 0.4) is 0 Å². The van der Waals surface area contributed by atoms with Gasteiger partial charge in [0.15, 0.2) is 17.2 Å². The van der Waals surface area contributed by atoms with Crippen LogP contribution in [0.4, 0.5) is 14.5 Å². The highest BCUT2D eigenvalue weighted by atomic mass is 19.1. The van der Waals surface area contributed by atoms with Crippen LogP contribution in [0.25, 0.3) is 16.7 Å². The molecule has 0 saturated carbocycles. The summed E-state index contributed by atoms with van der Waals surface area (Å²) in [6, 6.07) is 11.3. The van der Waals surface area contributed by atoms with Gasteiger partial charge in [-0.15, -0.1) is 5.10 Å². The molecule has 0 saturated heterocycles. The predicted molar refractivity (Wildman–Crippen MR) is 137 cm³/mol. The third kappa shape index (κ3) is 5.48. The summed E-state index contributed by atoms with van der Waals surface area (Å²) >= 11 is 0. The molecule has 1 unspecified atom stereocenters. The minimum Gasteiger partial charge on any atom is -0.473 e. The number of aromatic amines is 1. The molecule has 5 rings (SSSR count). The SMILES string of the molecule is O=C(Nc1ccc(Oc2ccnc3[nH]nc(OCC(O)CO)c23)c(F)c1)c1ccnn(-c2ccc(F)cc2)c1=O. The molecule has 3 aromatic heterocycles. The molecule has 0 aliphatic rings. The monoisotopic (exact) mass is 550 g/mol. The fourth-order valence-electron chi connectivity index (χ4n) is 3.64. The van der Waals surface area contributed by atoms with Crippen LogP contribution >= 0.6 is 0 Å². The molecule has 2 aromatic carbocycles. The number of nitrogens with one attached hydrogen (secondary N) is 2. The smallest absolute Gasteiger partial charge is 0.284 e. The van der Waals surface area contributed by atoms with E-state index in [0.29, 0.717) is 0 Å². The molecule has 40 heavy (non-hydrogen) atoms. The topological polar surface area (TPSA) is 164 Å². The van der Waals surface area contributed by atoms with Gasteiger partial charge in [-0.05, 0) is 42.5 Å². The van der Waals surface area contributed by atoms with Crippen molar-refractivity contribution in [1.29, 1.82) is 0 Å². The molecule has 204 valence electrons. The third-order valence-corrected chi connectivity index (χ3v) is 5.58. The van der Waals surface area contributed by atoms with Gasteiger partial charge in [0, 0.05) is 30.2 Å². The molecule has 0 spiro atoms. The van der Waals surface area contributed by atoms with E-state index < -0.39 is 35.8 Å². The van der Waals surface area contributed by atoms with Crippen molar-refractivity contribution in [3.63, 3.8) is 0 Å². The number of anilines is 1. The highest BCUT2D eigenvalue weighted by Gasteiger charge is 2.19. The van der Waals surface area contributed by atoms with Gasteiger partial charge in [-0.25, -0.2) is 13.8 Å². The fourth-order valence-corrected chi connectivity index (χ4v) is 3.64. The first-order valence-corrected chi connectivity index (χ1v) is 11.7. The molecule has 0 bridgehead atoms. The summed E-state index contributed by atoms with van der Waals surface area (Å²) in [7, 11) is 0. The molecule has 4 N–H and O–H groups in total. The number of halogens is 2. The number of ether oxygens (including phenoxy) is 2. The Morgan fingerprint density at radius 3 is 2.62 bits per heavy atom. The van der Waals surface area contributed by atoms with Crippen molar-refractivity contribution in [2.45, 2.75) is 6.10 Å². The number of benzene rings is 2. The minimum absolute atomic E-state index is 0.0264. The first-order chi connectivity index (χ1) is 19.3. The summed E-state index contributed by atoms with van der Waals surface area (Å²) in [5.74, 6) is -2.17. The maximum atomic E-state index is 15.0. The van der Waals surface area contributed by atoms with Crippen LogP contribution in [0.1, 0.15) is 10.4 Å². The number of rotatable bonds is 9. The van der Waals surface area contributed by atoms with Crippen molar-refractivity contribution in [2.75, 3.05) is 18.5 Å². The van der Waals surface area contributed by atoms with Gasteiger partial charge < -0.3 is 25.0 Å². The van der Waals surface area contributed by atoms with E-state index in [-0.39, 0.29) is 52.0 Å². The lowest BCUT2D eigenvalue weighted by molar-refractivity contribution is 0.0525. The van der Waals surface area contributed by atoms with Gasteiger partial charge in [-0.2, -0.15) is 9.78 Å². The lowest BCUT2D eigenvalue weighted by Gasteiger charge is -2.12. The Hall–Kier alpha value is -5.21. The summed E-state index contributed by atoms with van der Waals surface area (Å²) in [6.45, 7) is -0.760. The standard InChI is InChI=1S/C26H20F2N6O6/c27-14-1-4-16(5-2-14)34-26(38)18(7-10-30-34)24(37)31-15-3-6-20(19(28)11-15)40-21-8-9-29-23-22(21)25(33-32-23)39-13-17(36)12-35/h1-11,17,35-36H,12-13H2,(H,31,37)(H,29,32,33). The zero-order chi connectivity index (χ0) is 28.2. The fraction of sp³-hybridized carbons (Fsp3) is 0.115. The molecule has 0 fully saturated rings. The molecule has 0 radical (unpaired) electrons. The first-order valence-electron chi connectivity index (χ1n) is 11.7. The summed E-state index contributed by atoms with van der Waals surface area (Å²) in [5, 5.41) is 31.8. The molecule has 14 heteroatoms. The number of fused-ring (bicyclic) bond motifs is 1. The van der Waals surface area contributed by atoms with Crippen molar-refractivity contribution >= 4 is 22.6 Å². The van der Waals surface area contributed by atoms with E-state index in [0.717, 1.165) is 22.9 Å². The van der Waals surface area contributed by atoms with Crippen molar-refractivity contribution in [3.05, 3.63) is 94.5 Å². The van der Waals surface area contributed by atoms with Gasteiger partial charge in [-0.3, -0.25) is 14.7 Å². The van der Waals surface area contributed by atoms with E-state index in [2.05, 4.69) is 25.6 Å². The van der Waals surface area contributed by atoms with E-state index in [1.165, 1.54) is 48.8 Å². The summed E-state index contributed by atoms with van der Waals surface area (Å²) in [4.78, 5) is 29.7. The lowest BCUT2D eigenvalue weighted by atomic mass is 10.2. The van der Waals surface area contributed by atoms with Gasteiger partial charge in [0.1, 0.15) is 35.2 Å². The highest BCUT2D eigenvalue weighted by molar-refractivity contribution is 6.04. The normalized spacial score (nSPS) is 11.8. The van der Waals surface area contributed by atoms with Crippen molar-refractivity contribution in [2.24, 2.45) is 0 Å². The number of carbonyl (C=O) groups is 1. The average Bonchev–Trinajstić information content (AvgIpc) is 3.38. The number of pyridine rings is 1. The molecule has 0 aliphatic heterocycles. The quantitative estimate of drug-likeness (QED) is 0.216. The summed E-state index contributed by atoms with van der Waals surface area (Å²) in [5.41, 5.74) is -0.436. The van der Waals surface area contributed by atoms with Crippen LogP contribution < -0.4 is 20.3 Å². The molecular formula is C26H20F2N6O6. The van der Waals surface area contributed by atoms with Crippen LogP contribution in [0.15, 0.2) is 71.8 Å². The molecule has 1 atom stereocenters. The van der Waals surface area contributed by atoms with Crippen LogP contribution in [-0.2, 0) is 0 Å². The van der Waals surface area contributed by atoms with Gasteiger partial charge in [0.05, 0.1) is 12.3 Å². The Morgan fingerprint density at radius 1 is 1.07 bits per heavy atom. The van der Waals surface area contributed by atoms with E-state index in [9.17, 15) is 23.5 Å². The molecular weight excluding hydrogens is 530 g/mol. The number of aliphatic hydroxyl groups excluding tert-OH is 2. The number of hydrogen-bond acceptors (Lipinski definition) is 9. The largest absolute Gasteiger partial charge is 0.473 e. The van der Waals surface area contributed by atoms with Crippen LogP contribution in [0, 0.1) is 11.6 Å². The van der Waals surface area contributed by atoms with E-state index >= 15 is 0 Å². The maximum absolute atomic E-state index is 15.0. The maximum Gasteiger partial charge on any atom is 0.284 e. The molecule has 0 aliphatic carbocycles. The number of aromatic nitrogens is 5. The van der Waals surface area contributed by atoms with Crippen LogP contribution in [0.5, 0.6) is 17.4 Å². The average molecular weight is 550 g/mol. The summed E-state index contributed by atoms with van der Waals surface area (Å²) in [6.07, 6.45) is 1.51. The first kappa shape index (κ1) is 26.4. The lowest BCUT2D eigenvalue weighted by Crippen LogP contribution is -2.29. The number of nitrogens with zero attached hydrogens (tertiary/aromatic N) is 4. The highest BCUT2D eigenvalue weighted by Crippen LogP contribution is 2.35. The molecule has 12 nitrogen and oxygen atoms in total. The number of hydrogen-bond donors (Lipinski definition) is 4. The second-order valence-corrected chi connectivity index (χ2v) is 8.35. The van der Waals surface area contributed by atoms with Gasteiger partial charge in [-0.1, -0.05) is 0 Å². The van der Waals surface area contributed by atoms with Crippen molar-refractivity contribution in [3.8, 4) is 23.1 Å². The summed E-state index contributed by atoms with van der Waals surface area (Å²) < 4.78 is 40.3. The van der Waals surface area contributed by atoms with E-state index in [4.69, 9.17) is 14.6 Å². The predicted octanol–water partition coefficient (Wildman–Crippen LogP) is 2.56. The molecule has 5 aromatic rings. The number of H-pyrrole nitrogens is 1. The Balaban J connectivity index is 1.35. The van der Waals surface area contributed by atoms with E-state index in [1.807, 2.05) is 0 Å². The van der Waals surface area contributed by atoms with E-state index in [1.54, 1.807) is 0 Å². The Morgan fingerprint density at radius 2 is 1.88 bits per heavy atom. The van der Waals surface area contributed by atoms with Crippen molar-refractivity contribution < 1.29 is 33.3 Å². The molecule has 1 amide bonds. The van der Waals surface area contributed by atoms with Crippen LogP contribution in [-0.4, -0.2) is 60.4 Å². The Kier molecular flexibility index (Phi) is 7.43. The zero-order valence-electron chi connectivity index (χ0n) is 20.4. The number of carbonyl (C=O) groups excluding carboxylic acids is 1. The third-order valence-electron chi connectivity index (χ3n) is 5.58. The van der Waals surface area contributed by atoms with Crippen LogP contribution in [0.2, 0.25) is 0 Å². The Bertz CT molecular complexity index is 1740. The minimum atomic E-state index is -1.13. The number of aliphatic hydroxyl groups is 2. The zero-order valence-corrected chi connectivity index (χ0v) is 20.4. The van der Waals surface area contributed by atoms with Crippen molar-refractivity contribution in [1.82, 2.24) is 25.0 Å². The van der Waals surface area contributed by atoms with Gasteiger partial charge >= 0.3 is 0 Å². The van der Waals surface area contributed by atoms with Gasteiger partial charge in [0.25, 0.3) is 11.5 Å². The second-order valence-electron chi connectivity index (χ2n) is 8.35. The second kappa shape index (κ2) is 11.3. The Labute approximate surface area is 223 Å².